The summed E-state index contributed by atoms with van der Waals surface area (Å²) in [7, 11) is -1.03. The smallest absolute Gasteiger partial charge is 0.123 e. The number of nitrogens with zero attached hydrogens (tertiary/aromatic N) is 1. The van der Waals surface area contributed by atoms with Crippen LogP contribution in [0.25, 0.3) is 10.9 Å². The highest BCUT2D eigenvalue weighted by Gasteiger charge is 2.17. The zero-order valence-corrected chi connectivity index (χ0v) is 16.5. The number of aromatic nitrogens is 1. The fourth-order valence-electron chi connectivity index (χ4n) is 3.47. The Kier molecular flexibility index (Phi) is 5.79. The first-order chi connectivity index (χ1) is 11.5. The molecule has 0 aliphatic carbocycles. The van der Waals surface area contributed by atoms with Crippen molar-refractivity contribution in [2.45, 2.75) is 64.1 Å². The lowest BCUT2D eigenvalue weighted by molar-refractivity contribution is 0.0881. The van der Waals surface area contributed by atoms with E-state index in [1.165, 1.54) is 41.9 Å². The monoisotopic (exact) mass is 344 g/mol. The van der Waals surface area contributed by atoms with E-state index in [-0.39, 0.29) is 0 Å². The molecule has 1 aliphatic heterocycles. The van der Waals surface area contributed by atoms with Gasteiger partial charge in [-0.05, 0) is 42.9 Å². The zero-order chi connectivity index (χ0) is 17.0. The fraction of sp³-hybridized carbons (Fsp3) is 0.600. The highest BCUT2D eigenvalue weighted by atomic mass is 28.3. The van der Waals surface area contributed by atoms with Crippen LogP contribution in [0, 0.1) is 0 Å². The van der Waals surface area contributed by atoms with Gasteiger partial charge in [-0.1, -0.05) is 44.3 Å². The average molecular weight is 345 g/mol. The number of piperidine rings is 1. The quantitative estimate of drug-likeness (QED) is 0.585. The van der Waals surface area contributed by atoms with E-state index in [2.05, 4.69) is 59.9 Å². The van der Waals surface area contributed by atoms with Crippen LogP contribution in [0.5, 0.6) is 0 Å². The molecular weight excluding hydrogens is 312 g/mol. The maximum absolute atomic E-state index is 6.07. The average Bonchev–Trinajstić information content (AvgIpc) is 2.89. The van der Waals surface area contributed by atoms with Crippen molar-refractivity contribution in [2.24, 2.45) is 0 Å². The molecule has 0 spiro atoms. The van der Waals surface area contributed by atoms with Gasteiger partial charge in [0.1, 0.15) is 6.73 Å². The second-order valence-corrected chi connectivity index (χ2v) is 13.9. The minimum Gasteiger partial charge on any atom is -0.361 e. The van der Waals surface area contributed by atoms with Gasteiger partial charge < -0.3 is 14.6 Å². The molecule has 0 saturated carbocycles. The molecule has 4 heteroatoms. The van der Waals surface area contributed by atoms with Crippen molar-refractivity contribution in [3.63, 3.8) is 0 Å². The molecule has 3 rings (SSSR count). The van der Waals surface area contributed by atoms with Crippen LogP contribution in [0.2, 0.25) is 25.7 Å². The van der Waals surface area contributed by atoms with Crippen molar-refractivity contribution < 1.29 is 4.74 Å². The van der Waals surface area contributed by atoms with Gasteiger partial charge in [-0.3, -0.25) is 0 Å². The Morgan fingerprint density at radius 2 is 2.04 bits per heavy atom. The predicted octanol–water partition coefficient (Wildman–Crippen LogP) is 4.64. The SMILES string of the molecule is C[Si](C)(C)CCOCn1c(CC2CCCCN2)cc2ccccc21. The summed E-state index contributed by atoms with van der Waals surface area (Å²) in [5, 5.41) is 5.01. The Morgan fingerprint density at radius 3 is 2.79 bits per heavy atom. The summed E-state index contributed by atoms with van der Waals surface area (Å²) in [6.07, 6.45) is 5.06. The molecular formula is C20H32N2OSi. The molecule has 1 aromatic carbocycles. The third-order valence-electron chi connectivity index (χ3n) is 4.98. The number of benzene rings is 1. The predicted molar refractivity (Wildman–Crippen MR) is 105 cm³/mol. The Hall–Kier alpha value is -1.10. The maximum atomic E-state index is 6.07. The molecule has 24 heavy (non-hydrogen) atoms. The van der Waals surface area contributed by atoms with E-state index in [0.717, 1.165) is 19.6 Å². The van der Waals surface area contributed by atoms with E-state index in [4.69, 9.17) is 4.74 Å². The molecule has 1 aliphatic rings. The Morgan fingerprint density at radius 1 is 1.21 bits per heavy atom. The summed E-state index contributed by atoms with van der Waals surface area (Å²) < 4.78 is 8.45. The number of nitrogens with one attached hydrogen (secondary N) is 1. The number of fused-ring (bicyclic) bond motifs is 1. The molecule has 1 aromatic heterocycles. The van der Waals surface area contributed by atoms with E-state index in [1.807, 2.05) is 0 Å². The second-order valence-electron chi connectivity index (χ2n) is 8.32. The van der Waals surface area contributed by atoms with Gasteiger partial charge in [0, 0.05) is 32.8 Å². The number of hydrogen-bond acceptors (Lipinski definition) is 2. The molecule has 1 saturated heterocycles. The topological polar surface area (TPSA) is 26.2 Å². The number of rotatable bonds is 7. The second kappa shape index (κ2) is 7.85. The third-order valence-corrected chi connectivity index (χ3v) is 6.69. The van der Waals surface area contributed by atoms with Gasteiger partial charge in [-0.25, -0.2) is 0 Å². The highest BCUT2D eigenvalue weighted by Crippen LogP contribution is 2.23. The molecule has 0 amide bonds. The van der Waals surface area contributed by atoms with Crippen LogP contribution in [0.1, 0.15) is 25.0 Å². The molecule has 3 nitrogen and oxygen atoms in total. The molecule has 1 fully saturated rings. The van der Waals surface area contributed by atoms with E-state index in [9.17, 15) is 0 Å². The molecule has 0 bridgehead atoms. The molecule has 1 unspecified atom stereocenters. The summed E-state index contributed by atoms with van der Waals surface area (Å²) in [4.78, 5) is 0. The largest absolute Gasteiger partial charge is 0.361 e. The normalized spacial score (nSPS) is 19.0. The summed E-state index contributed by atoms with van der Waals surface area (Å²) >= 11 is 0. The van der Waals surface area contributed by atoms with Crippen molar-refractivity contribution in [3.8, 4) is 0 Å². The summed E-state index contributed by atoms with van der Waals surface area (Å²) in [6.45, 7) is 9.94. The summed E-state index contributed by atoms with van der Waals surface area (Å²) in [6, 6.07) is 12.9. The molecule has 2 aromatic rings. The van der Waals surface area contributed by atoms with Crippen LogP contribution in [-0.4, -0.2) is 31.8 Å². The van der Waals surface area contributed by atoms with E-state index in [0.29, 0.717) is 12.8 Å². The molecule has 1 N–H and O–H groups in total. The van der Waals surface area contributed by atoms with Crippen LogP contribution in [0.15, 0.2) is 30.3 Å². The molecule has 2 heterocycles. The van der Waals surface area contributed by atoms with Gasteiger partial charge in [0.25, 0.3) is 0 Å². The van der Waals surface area contributed by atoms with Crippen molar-refractivity contribution in [1.82, 2.24) is 9.88 Å². The van der Waals surface area contributed by atoms with Crippen LogP contribution in [0.3, 0.4) is 0 Å². The molecule has 132 valence electrons. The lowest BCUT2D eigenvalue weighted by Crippen LogP contribution is -2.36. The van der Waals surface area contributed by atoms with Crippen LogP contribution in [-0.2, 0) is 17.9 Å². The summed E-state index contributed by atoms with van der Waals surface area (Å²) in [5.41, 5.74) is 2.71. The van der Waals surface area contributed by atoms with Crippen molar-refractivity contribution in [2.75, 3.05) is 13.2 Å². The van der Waals surface area contributed by atoms with Crippen LogP contribution < -0.4 is 5.32 Å². The van der Waals surface area contributed by atoms with E-state index in [1.54, 1.807) is 0 Å². The molecule has 0 radical (unpaired) electrons. The van der Waals surface area contributed by atoms with Crippen molar-refractivity contribution in [3.05, 3.63) is 36.0 Å². The van der Waals surface area contributed by atoms with Crippen molar-refractivity contribution >= 4 is 19.0 Å². The standard InChI is InChI=1S/C20H32N2OSi/c1-24(2,3)13-12-23-16-22-19(15-18-9-6-7-11-21-18)14-17-8-4-5-10-20(17)22/h4-5,8,10,14,18,21H,6-7,9,11-13,15-16H2,1-3H3. The van der Waals surface area contributed by atoms with Crippen LogP contribution >= 0.6 is 0 Å². The summed E-state index contributed by atoms with van der Waals surface area (Å²) in [5.74, 6) is 0. The van der Waals surface area contributed by atoms with Crippen LogP contribution in [0.4, 0.5) is 0 Å². The van der Waals surface area contributed by atoms with Gasteiger partial charge in [0.15, 0.2) is 0 Å². The minimum absolute atomic E-state index is 0.615. The lowest BCUT2D eigenvalue weighted by atomic mass is 10.0. The lowest BCUT2D eigenvalue weighted by Gasteiger charge is -2.24. The van der Waals surface area contributed by atoms with E-state index < -0.39 is 8.07 Å². The third kappa shape index (κ3) is 4.71. The zero-order valence-electron chi connectivity index (χ0n) is 15.5. The first-order valence-electron chi connectivity index (χ1n) is 9.41. The number of hydrogen-bond donors (Lipinski definition) is 1. The maximum Gasteiger partial charge on any atom is 0.123 e. The molecule has 1 atom stereocenters. The Labute approximate surface area is 147 Å². The van der Waals surface area contributed by atoms with Gasteiger partial charge >= 0.3 is 0 Å². The van der Waals surface area contributed by atoms with E-state index >= 15 is 0 Å². The van der Waals surface area contributed by atoms with Crippen molar-refractivity contribution in [1.29, 1.82) is 0 Å². The van der Waals surface area contributed by atoms with Gasteiger partial charge in [0.05, 0.1) is 5.52 Å². The van der Waals surface area contributed by atoms with Gasteiger partial charge in [0.2, 0.25) is 0 Å². The fourth-order valence-corrected chi connectivity index (χ4v) is 4.23. The number of para-hydroxylation sites is 1. The number of ether oxygens (including phenoxy) is 1. The highest BCUT2D eigenvalue weighted by molar-refractivity contribution is 6.76. The first kappa shape index (κ1) is 17.7. The first-order valence-corrected chi connectivity index (χ1v) is 13.1. The Bertz CT molecular complexity index is 653. The minimum atomic E-state index is -1.03. The van der Waals surface area contributed by atoms with Gasteiger partial charge in [-0.2, -0.15) is 0 Å². The van der Waals surface area contributed by atoms with Gasteiger partial charge in [-0.15, -0.1) is 0 Å². The Balaban J connectivity index is 1.72.